The molecule has 5 heteroatoms. The fourth-order valence-electron chi connectivity index (χ4n) is 2.05. The van der Waals surface area contributed by atoms with Gasteiger partial charge in [0.25, 0.3) is 0 Å². The van der Waals surface area contributed by atoms with E-state index >= 15 is 0 Å². The second-order valence-corrected chi connectivity index (χ2v) is 6.55. The molecule has 0 aliphatic heterocycles. The summed E-state index contributed by atoms with van der Waals surface area (Å²) in [4.78, 5) is 11.9. The second-order valence-electron chi connectivity index (χ2n) is 4.33. The van der Waals surface area contributed by atoms with Crippen molar-refractivity contribution >= 4 is 29.1 Å². The highest BCUT2D eigenvalue weighted by molar-refractivity contribution is 8.01. The summed E-state index contributed by atoms with van der Waals surface area (Å²) in [7, 11) is 0. The van der Waals surface area contributed by atoms with Crippen LogP contribution in [0.15, 0.2) is 52.1 Å². The highest BCUT2D eigenvalue weighted by Crippen LogP contribution is 2.32. The summed E-state index contributed by atoms with van der Waals surface area (Å²) < 4.78 is 1.13. The molecule has 0 bridgehead atoms. The van der Waals surface area contributed by atoms with Crippen molar-refractivity contribution in [1.29, 1.82) is 0 Å². The molecule has 1 aromatic carbocycles. The summed E-state index contributed by atoms with van der Waals surface area (Å²) in [5.74, 6) is -0.379. The summed E-state index contributed by atoms with van der Waals surface area (Å²) in [5, 5.41) is 14.9. The van der Waals surface area contributed by atoms with Crippen LogP contribution in [0.4, 0.5) is 0 Å². The van der Waals surface area contributed by atoms with Crippen LogP contribution in [0.2, 0.25) is 0 Å². The van der Waals surface area contributed by atoms with E-state index in [1.165, 1.54) is 0 Å². The van der Waals surface area contributed by atoms with Crippen molar-refractivity contribution in [3.05, 3.63) is 53.4 Å². The fourth-order valence-corrected chi connectivity index (χ4v) is 4.04. The maximum absolute atomic E-state index is 11.9. The molecule has 0 spiro atoms. The lowest BCUT2D eigenvalue weighted by atomic mass is 9.92. The summed E-state index contributed by atoms with van der Waals surface area (Å²) in [6, 6.07) is 13.4. The molecule has 0 fully saturated rings. The van der Waals surface area contributed by atoms with Gasteiger partial charge in [0.05, 0.1) is 4.21 Å². The van der Waals surface area contributed by atoms with Crippen molar-refractivity contribution in [3.63, 3.8) is 0 Å². The van der Waals surface area contributed by atoms with Crippen LogP contribution >= 0.6 is 23.1 Å². The van der Waals surface area contributed by atoms with Gasteiger partial charge in [0.2, 0.25) is 0 Å². The van der Waals surface area contributed by atoms with Crippen molar-refractivity contribution in [1.82, 2.24) is 5.32 Å². The van der Waals surface area contributed by atoms with E-state index in [1.54, 1.807) is 23.1 Å². The molecule has 1 heterocycles. The fraction of sp³-hybridized carbons (Fsp3) is 0.267. The average Bonchev–Trinajstić information content (AvgIpc) is 2.97. The maximum Gasteiger partial charge on any atom is 0.329 e. The minimum atomic E-state index is -1.05. The minimum Gasteiger partial charge on any atom is -0.480 e. The lowest BCUT2D eigenvalue weighted by Gasteiger charge is -2.30. The lowest BCUT2D eigenvalue weighted by Crippen LogP contribution is -2.51. The highest BCUT2D eigenvalue weighted by Gasteiger charge is 2.39. The number of aliphatic carboxylic acids is 1. The minimum absolute atomic E-state index is 0.459. The van der Waals surface area contributed by atoms with E-state index in [2.05, 4.69) is 5.32 Å². The average molecular weight is 307 g/mol. The van der Waals surface area contributed by atoms with E-state index in [0.29, 0.717) is 12.3 Å². The number of hydrogen-bond donors (Lipinski definition) is 2. The number of carboxylic acid groups (broad SMARTS) is 1. The van der Waals surface area contributed by atoms with Crippen LogP contribution in [0.1, 0.15) is 12.5 Å². The van der Waals surface area contributed by atoms with Gasteiger partial charge >= 0.3 is 5.97 Å². The van der Waals surface area contributed by atoms with Gasteiger partial charge in [0.15, 0.2) is 5.54 Å². The molecule has 0 aliphatic carbocycles. The molecule has 106 valence electrons. The lowest BCUT2D eigenvalue weighted by molar-refractivity contribution is -0.144. The predicted octanol–water partition coefficient (Wildman–Crippen LogP) is 3.43. The Bertz CT molecular complexity index is 542. The Kier molecular flexibility index (Phi) is 5.23. The normalized spacial score (nSPS) is 13.8. The van der Waals surface area contributed by atoms with Gasteiger partial charge in [-0.1, -0.05) is 43.3 Å². The van der Waals surface area contributed by atoms with E-state index in [-0.39, 0.29) is 0 Å². The van der Waals surface area contributed by atoms with Crippen molar-refractivity contribution in [2.45, 2.75) is 16.7 Å². The molecule has 0 saturated heterocycles. The Hall–Kier alpha value is -1.30. The number of carbonyl (C=O) groups is 1. The smallest absolute Gasteiger partial charge is 0.329 e. The first-order valence-electron chi connectivity index (χ1n) is 6.39. The van der Waals surface area contributed by atoms with Crippen LogP contribution in [0.25, 0.3) is 0 Å². The molecule has 20 heavy (non-hydrogen) atoms. The number of rotatable bonds is 7. The van der Waals surface area contributed by atoms with Gasteiger partial charge in [0, 0.05) is 5.75 Å². The molecule has 0 amide bonds. The molecule has 0 radical (unpaired) electrons. The van der Waals surface area contributed by atoms with Gasteiger partial charge < -0.3 is 5.11 Å². The quantitative estimate of drug-likeness (QED) is 0.770. The molecule has 2 N–H and O–H groups in total. The third-order valence-corrected chi connectivity index (χ3v) is 5.34. The highest BCUT2D eigenvalue weighted by atomic mass is 32.2. The first kappa shape index (κ1) is 15.1. The number of thiophene rings is 1. The number of thioether (sulfide) groups is 1. The van der Waals surface area contributed by atoms with E-state index < -0.39 is 11.5 Å². The molecule has 1 unspecified atom stereocenters. The molecule has 0 aliphatic rings. The first-order chi connectivity index (χ1) is 9.69. The van der Waals surface area contributed by atoms with Gasteiger partial charge in [0.1, 0.15) is 0 Å². The van der Waals surface area contributed by atoms with Crippen LogP contribution in [-0.2, 0) is 10.3 Å². The van der Waals surface area contributed by atoms with Crippen LogP contribution in [0.3, 0.4) is 0 Å². The van der Waals surface area contributed by atoms with Crippen LogP contribution < -0.4 is 5.32 Å². The third-order valence-electron chi connectivity index (χ3n) is 3.04. The van der Waals surface area contributed by atoms with Crippen molar-refractivity contribution in [3.8, 4) is 0 Å². The van der Waals surface area contributed by atoms with Crippen molar-refractivity contribution in [2.75, 3.05) is 12.3 Å². The molecule has 0 saturated carbocycles. The number of hydrogen-bond acceptors (Lipinski definition) is 4. The summed E-state index contributed by atoms with van der Waals surface area (Å²) in [6.07, 6.45) is 0. The van der Waals surface area contributed by atoms with E-state index in [9.17, 15) is 9.90 Å². The van der Waals surface area contributed by atoms with Crippen LogP contribution in [0.5, 0.6) is 0 Å². The van der Waals surface area contributed by atoms with Crippen molar-refractivity contribution in [2.24, 2.45) is 0 Å². The standard InChI is InChI=1S/C15H17NO2S2/c1-2-16-15(14(17)18,12-7-4-3-5-8-12)11-20-13-9-6-10-19-13/h3-10,16H,2,11H2,1H3,(H,17,18). The Labute approximate surface area is 127 Å². The molecule has 1 atom stereocenters. The van der Waals surface area contributed by atoms with Gasteiger partial charge in [-0.2, -0.15) is 0 Å². The van der Waals surface area contributed by atoms with Gasteiger partial charge in [-0.05, 0) is 23.6 Å². The number of benzene rings is 1. The van der Waals surface area contributed by atoms with Crippen molar-refractivity contribution < 1.29 is 9.90 Å². The Morgan fingerprint density at radius 2 is 2.05 bits per heavy atom. The maximum atomic E-state index is 11.9. The third kappa shape index (κ3) is 3.23. The molecule has 2 rings (SSSR count). The molecular weight excluding hydrogens is 290 g/mol. The Balaban J connectivity index is 2.29. The number of nitrogens with one attached hydrogen (secondary N) is 1. The molecule has 3 nitrogen and oxygen atoms in total. The van der Waals surface area contributed by atoms with E-state index in [4.69, 9.17) is 0 Å². The van der Waals surface area contributed by atoms with E-state index in [1.807, 2.05) is 54.8 Å². The Morgan fingerprint density at radius 1 is 1.30 bits per heavy atom. The monoisotopic (exact) mass is 307 g/mol. The van der Waals surface area contributed by atoms with Gasteiger partial charge in [-0.15, -0.1) is 23.1 Å². The summed E-state index contributed by atoms with van der Waals surface area (Å²) in [6.45, 7) is 2.53. The molecule has 2 aromatic rings. The van der Waals surface area contributed by atoms with Crippen LogP contribution in [0, 0.1) is 0 Å². The second kappa shape index (κ2) is 6.92. The summed E-state index contributed by atoms with van der Waals surface area (Å²) >= 11 is 3.20. The zero-order chi connectivity index (χ0) is 14.4. The zero-order valence-corrected chi connectivity index (χ0v) is 12.8. The zero-order valence-electron chi connectivity index (χ0n) is 11.2. The predicted molar refractivity (Wildman–Crippen MR) is 84.5 cm³/mol. The summed E-state index contributed by atoms with van der Waals surface area (Å²) in [5.41, 5.74) is -0.261. The Morgan fingerprint density at radius 3 is 2.60 bits per heavy atom. The van der Waals surface area contributed by atoms with Gasteiger partial charge in [-0.25, -0.2) is 4.79 Å². The molecular formula is C15H17NO2S2. The number of carboxylic acids is 1. The molecule has 1 aromatic heterocycles. The topological polar surface area (TPSA) is 49.3 Å². The van der Waals surface area contributed by atoms with Crippen LogP contribution in [-0.4, -0.2) is 23.4 Å². The van der Waals surface area contributed by atoms with Gasteiger partial charge in [-0.3, -0.25) is 5.32 Å². The first-order valence-corrected chi connectivity index (χ1v) is 8.26. The largest absolute Gasteiger partial charge is 0.480 e. The SMILES string of the molecule is CCNC(CSc1cccs1)(C(=O)O)c1ccccc1. The van der Waals surface area contributed by atoms with E-state index in [0.717, 1.165) is 9.77 Å². The number of likely N-dealkylation sites (N-methyl/N-ethyl adjacent to an activating group) is 1.